The van der Waals surface area contributed by atoms with Crippen molar-refractivity contribution in [3.63, 3.8) is 0 Å². The zero-order valence-electron chi connectivity index (χ0n) is 22.4. The molecule has 208 valence electrons. The van der Waals surface area contributed by atoms with Gasteiger partial charge in [-0.1, -0.05) is 31.2 Å². The highest BCUT2D eigenvalue weighted by molar-refractivity contribution is 6.23. The third kappa shape index (κ3) is 7.98. The van der Waals surface area contributed by atoms with Crippen LogP contribution in [-0.2, 0) is 28.6 Å². The van der Waals surface area contributed by atoms with E-state index < -0.39 is 48.0 Å². The predicted molar refractivity (Wildman–Crippen MR) is 139 cm³/mol. The molecule has 0 fully saturated rings. The number of hydrogen-bond acceptors (Lipinski definition) is 9. The Morgan fingerprint density at radius 2 is 1.84 bits per heavy atom. The Morgan fingerprint density at radius 1 is 1.16 bits per heavy atom. The molecule has 0 spiro atoms. The van der Waals surface area contributed by atoms with Crippen LogP contribution in [0.1, 0.15) is 40.0 Å². The van der Waals surface area contributed by atoms with Gasteiger partial charge in [0, 0.05) is 31.4 Å². The number of amides is 2. The van der Waals surface area contributed by atoms with Gasteiger partial charge in [0.05, 0.1) is 23.6 Å². The number of aliphatic hydroxyl groups excluding tert-OH is 1. The normalized spacial score (nSPS) is 31.9. The van der Waals surface area contributed by atoms with Crippen molar-refractivity contribution >= 4 is 23.6 Å². The second-order valence-corrected chi connectivity index (χ2v) is 9.46. The third-order valence-corrected chi connectivity index (χ3v) is 6.50. The molecule has 0 radical (unpaired) electrons. The second kappa shape index (κ2) is 13.8. The number of carbonyl (C=O) groups is 4. The molecule has 1 aliphatic heterocycles. The van der Waals surface area contributed by atoms with E-state index in [2.05, 4.69) is 5.32 Å². The van der Waals surface area contributed by atoms with Crippen LogP contribution in [0.2, 0.25) is 0 Å². The summed E-state index contributed by atoms with van der Waals surface area (Å²) in [4.78, 5) is 49.9. The number of carbonyl (C=O) groups excluding carboxylic acids is 4. The minimum atomic E-state index is -1.00. The number of hydrogen-bond donors (Lipinski definition) is 4. The van der Waals surface area contributed by atoms with Crippen LogP contribution in [0.25, 0.3) is 0 Å². The lowest BCUT2D eigenvalue weighted by molar-refractivity contribution is -0.120. The van der Waals surface area contributed by atoms with E-state index in [1.807, 2.05) is 6.92 Å². The van der Waals surface area contributed by atoms with Crippen LogP contribution in [0.4, 0.5) is 4.79 Å². The van der Waals surface area contributed by atoms with Crippen molar-refractivity contribution in [2.45, 2.75) is 64.4 Å². The number of rotatable bonds is 3. The molecule has 11 nitrogen and oxygen atoms in total. The Morgan fingerprint density at radius 3 is 2.45 bits per heavy atom. The van der Waals surface area contributed by atoms with Crippen LogP contribution in [0.3, 0.4) is 0 Å². The molecule has 1 aliphatic carbocycles. The molecular weight excluding hydrogens is 494 g/mol. The largest absolute Gasteiger partial charge is 0.439 e. The fourth-order valence-electron chi connectivity index (χ4n) is 4.27. The van der Waals surface area contributed by atoms with Gasteiger partial charge in [-0.3, -0.25) is 14.4 Å². The lowest BCUT2D eigenvalue weighted by atomic mass is 9.86. The van der Waals surface area contributed by atoms with Crippen LogP contribution >= 0.6 is 0 Å². The Labute approximate surface area is 222 Å². The molecule has 0 aromatic heterocycles. The lowest BCUT2D eigenvalue weighted by Gasteiger charge is -2.26. The second-order valence-electron chi connectivity index (χ2n) is 9.46. The number of fused-ring (bicyclic) bond motifs is 2. The Bertz CT molecular complexity index is 1100. The van der Waals surface area contributed by atoms with Crippen LogP contribution in [0.15, 0.2) is 58.5 Å². The summed E-state index contributed by atoms with van der Waals surface area (Å²) in [6, 6.07) is 0. The molecule has 2 aliphatic rings. The summed E-state index contributed by atoms with van der Waals surface area (Å²) in [5.74, 6) is -1.91. The highest BCUT2D eigenvalue weighted by atomic mass is 16.6. The lowest BCUT2D eigenvalue weighted by Crippen LogP contribution is -2.35. The Kier molecular flexibility index (Phi) is 11.2. The maximum absolute atomic E-state index is 13.1. The van der Waals surface area contributed by atoms with Gasteiger partial charge in [-0.2, -0.15) is 0 Å². The monoisotopic (exact) mass is 531 g/mol. The van der Waals surface area contributed by atoms with E-state index in [1.54, 1.807) is 19.1 Å². The third-order valence-electron chi connectivity index (χ3n) is 6.50. The van der Waals surface area contributed by atoms with E-state index in [-0.39, 0.29) is 41.3 Å². The molecular formula is C27H37N3O8. The van der Waals surface area contributed by atoms with Gasteiger partial charge < -0.3 is 36.1 Å². The number of nitrogens with one attached hydrogen (secondary N) is 1. The highest BCUT2D eigenvalue weighted by Gasteiger charge is 2.31. The Balaban J connectivity index is 2.52. The topological polar surface area (TPSA) is 180 Å². The van der Waals surface area contributed by atoms with Gasteiger partial charge in [-0.25, -0.2) is 4.79 Å². The van der Waals surface area contributed by atoms with Gasteiger partial charge in [0.1, 0.15) is 6.10 Å². The number of Topliss-reactive ketones (excluding diaryl/α,β-unsaturated/α-hetero) is 1. The van der Waals surface area contributed by atoms with E-state index >= 15 is 0 Å². The zero-order chi connectivity index (χ0) is 28.6. The average molecular weight is 532 g/mol. The smallest absolute Gasteiger partial charge is 0.405 e. The van der Waals surface area contributed by atoms with Crippen LogP contribution < -0.4 is 16.8 Å². The van der Waals surface area contributed by atoms with Crippen molar-refractivity contribution < 1.29 is 38.5 Å². The first kappa shape index (κ1) is 30.7. The summed E-state index contributed by atoms with van der Waals surface area (Å²) < 4.78 is 16.3. The Hall–Kier alpha value is -3.54. The molecule has 3 unspecified atom stereocenters. The first-order valence-electron chi connectivity index (χ1n) is 12.2. The number of ketones is 2. The number of nitrogens with two attached hydrogens (primary N) is 2. The molecule has 38 heavy (non-hydrogen) atoms. The highest BCUT2D eigenvalue weighted by Crippen LogP contribution is 2.27. The fraction of sp³-hybridized carbons (Fsp3) is 0.481. The van der Waals surface area contributed by atoms with Gasteiger partial charge >= 0.3 is 6.09 Å². The standard InChI is InChI=1S/C27H37N3O8/c1-14-11-17-23(28)20(32)13-18(24(17)33)30-26(34)16(3)7-6-8-21(36-4)25(38-27(29)35)15(2)9-10-19(31)22(12-14)37-5/h6-9,13-14,19,21-22,25,31H,10-12,28H2,1-5H3,(H2,29,35)(H,30,34)/b8-6-,15-9+,16-7+/t14-,19-,21?,22?,25?/m1/s1. The molecule has 0 saturated carbocycles. The SMILES string of the molecule is COC1/C=C\C=C(/C)C(=O)NC2=CC(=O)C(N)=C(C[C@@H](C)CC(OC)[C@H](O)C/C=C(\C)C1OC(N)=O)C2=O. The molecule has 2 bridgehead atoms. The van der Waals surface area contributed by atoms with Crippen LogP contribution in [-0.4, -0.2) is 67.3 Å². The first-order chi connectivity index (χ1) is 17.9. The van der Waals surface area contributed by atoms with E-state index in [0.29, 0.717) is 12.0 Å². The average Bonchev–Trinajstić information content (AvgIpc) is 2.87. The van der Waals surface area contributed by atoms with E-state index in [9.17, 15) is 24.3 Å². The summed E-state index contributed by atoms with van der Waals surface area (Å²) in [5, 5.41) is 13.3. The van der Waals surface area contributed by atoms with Crippen LogP contribution in [0.5, 0.6) is 0 Å². The van der Waals surface area contributed by atoms with Gasteiger partial charge in [-0.05, 0) is 44.6 Å². The fourth-order valence-corrected chi connectivity index (χ4v) is 4.27. The summed E-state index contributed by atoms with van der Waals surface area (Å²) in [6.45, 7) is 5.09. The van der Waals surface area contributed by atoms with Gasteiger partial charge in [-0.15, -0.1) is 0 Å². The summed E-state index contributed by atoms with van der Waals surface area (Å²) in [6.07, 6.45) is 3.76. The predicted octanol–water partition coefficient (Wildman–Crippen LogP) is 1.47. The van der Waals surface area contributed by atoms with Crippen molar-refractivity contribution in [3.05, 3.63) is 58.5 Å². The van der Waals surface area contributed by atoms with Crippen molar-refractivity contribution in [1.82, 2.24) is 5.32 Å². The van der Waals surface area contributed by atoms with Gasteiger partial charge in [0.25, 0.3) is 5.91 Å². The maximum atomic E-state index is 13.1. The summed E-state index contributed by atoms with van der Waals surface area (Å²) in [5.41, 5.74) is 11.8. The summed E-state index contributed by atoms with van der Waals surface area (Å²) >= 11 is 0. The molecule has 0 saturated heterocycles. The molecule has 6 N–H and O–H groups in total. The van der Waals surface area contributed by atoms with Crippen molar-refractivity contribution in [1.29, 1.82) is 0 Å². The van der Waals surface area contributed by atoms with Gasteiger partial charge in [0.15, 0.2) is 6.10 Å². The number of aliphatic hydroxyl groups is 1. The summed E-state index contributed by atoms with van der Waals surface area (Å²) in [7, 11) is 2.89. The van der Waals surface area contributed by atoms with E-state index in [4.69, 9.17) is 25.7 Å². The number of methoxy groups -OCH3 is 2. The molecule has 5 atom stereocenters. The number of allylic oxidation sites excluding steroid dienone is 4. The molecule has 11 heteroatoms. The van der Waals surface area contributed by atoms with Crippen molar-refractivity contribution in [2.24, 2.45) is 17.4 Å². The van der Waals surface area contributed by atoms with Crippen LogP contribution in [0, 0.1) is 5.92 Å². The molecule has 1 heterocycles. The first-order valence-corrected chi connectivity index (χ1v) is 12.2. The van der Waals surface area contributed by atoms with Crippen molar-refractivity contribution in [3.8, 4) is 0 Å². The van der Waals surface area contributed by atoms with E-state index in [0.717, 1.165) is 6.08 Å². The van der Waals surface area contributed by atoms with Gasteiger partial charge in [0.2, 0.25) is 11.6 Å². The molecule has 2 amide bonds. The minimum absolute atomic E-state index is 0.106. The van der Waals surface area contributed by atoms with Crippen molar-refractivity contribution in [2.75, 3.05) is 14.2 Å². The minimum Gasteiger partial charge on any atom is -0.439 e. The molecule has 0 aromatic carbocycles. The van der Waals surface area contributed by atoms with E-state index in [1.165, 1.54) is 33.3 Å². The maximum Gasteiger partial charge on any atom is 0.405 e. The molecule has 0 aromatic rings. The zero-order valence-corrected chi connectivity index (χ0v) is 22.4. The number of primary amides is 1. The molecule has 2 rings (SSSR count). The number of ether oxygens (including phenoxy) is 3. The quantitative estimate of drug-likeness (QED) is 0.310.